The number of hydrogen-bond donors (Lipinski definition) is 1. The highest BCUT2D eigenvalue weighted by molar-refractivity contribution is 5.93. The molecule has 3 rings (SSSR count). The van der Waals surface area contributed by atoms with E-state index < -0.39 is 0 Å². The maximum Gasteiger partial charge on any atom is 0.238 e. The van der Waals surface area contributed by atoms with Gasteiger partial charge in [-0.3, -0.25) is 9.69 Å². The Morgan fingerprint density at radius 1 is 1.32 bits per heavy atom. The number of likely N-dealkylation sites (tertiary alicyclic amines) is 1. The molecule has 5 nitrogen and oxygen atoms in total. The molecule has 25 heavy (non-hydrogen) atoms. The fourth-order valence-electron chi connectivity index (χ4n) is 3.64. The Bertz CT molecular complexity index is 709. The lowest BCUT2D eigenvalue weighted by molar-refractivity contribution is -0.118. The van der Waals surface area contributed by atoms with Crippen LogP contribution in [0.15, 0.2) is 36.7 Å². The van der Waals surface area contributed by atoms with E-state index in [1.165, 1.54) is 19.3 Å². The summed E-state index contributed by atoms with van der Waals surface area (Å²) in [6, 6.07) is 8.56. The summed E-state index contributed by atoms with van der Waals surface area (Å²) in [5.74, 6) is 1.05. The first-order chi connectivity index (χ1) is 12.2. The van der Waals surface area contributed by atoms with Gasteiger partial charge in [-0.2, -0.15) is 0 Å². The molecule has 1 amide bonds. The van der Waals surface area contributed by atoms with Crippen LogP contribution in [0, 0.1) is 6.92 Å². The van der Waals surface area contributed by atoms with E-state index >= 15 is 0 Å². The van der Waals surface area contributed by atoms with E-state index in [0.29, 0.717) is 19.1 Å². The maximum atomic E-state index is 12.6. The highest BCUT2D eigenvalue weighted by Gasteiger charge is 2.22. The molecule has 0 radical (unpaired) electrons. The summed E-state index contributed by atoms with van der Waals surface area (Å²) < 4.78 is 2.09. The van der Waals surface area contributed by atoms with Crippen LogP contribution in [0.2, 0.25) is 0 Å². The van der Waals surface area contributed by atoms with E-state index in [4.69, 9.17) is 0 Å². The number of piperidine rings is 1. The second kappa shape index (κ2) is 8.30. The molecule has 1 aliphatic rings. The predicted molar refractivity (Wildman–Crippen MR) is 101 cm³/mol. The molecule has 134 valence electrons. The van der Waals surface area contributed by atoms with Crippen LogP contribution in [0.25, 0.3) is 0 Å². The number of rotatable bonds is 6. The molecule has 1 unspecified atom stereocenters. The van der Waals surface area contributed by atoms with E-state index in [1.807, 2.05) is 31.3 Å². The number of benzene rings is 1. The van der Waals surface area contributed by atoms with Crippen molar-refractivity contribution in [2.24, 2.45) is 0 Å². The highest BCUT2D eigenvalue weighted by Crippen LogP contribution is 2.20. The second-order valence-electron chi connectivity index (χ2n) is 6.84. The number of amides is 1. The van der Waals surface area contributed by atoms with E-state index in [-0.39, 0.29) is 5.91 Å². The number of imidazole rings is 1. The predicted octanol–water partition coefficient (Wildman–Crippen LogP) is 3.44. The summed E-state index contributed by atoms with van der Waals surface area (Å²) in [5.41, 5.74) is 1.99. The Morgan fingerprint density at radius 3 is 2.92 bits per heavy atom. The molecule has 0 saturated carbocycles. The third-order valence-electron chi connectivity index (χ3n) is 5.12. The van der Waals surface area contributed by atoms with Crippen molar-refractivity contribution in [2.45, 2.75) is 52.1 Å². The van der Waals surface area contributed by atoms with Crippen molar-refractivity contribution in [2.75, 3.05) is 18.4 Å². The lowest BCUT2D eigenvalue weighted by Crippen LogP contribution is -2.43. The summed E-state index contributed by atoms with van der Waals surface area (Å²) in [5, 5.41) is 3.12. The van der Waals surface area contributed by atoms with Gasteiger partial charge in [0.15, 0.2) is 0 Å². The first kappa shape index (κ1) is 17.7. The van der Waals surface area contributed by atoms with Gasteiger partial charge in [0.2, 0.25) is 5.91 Å². The van der Waals surface area contributed by atoms with Crippen molar-refractivity contribution >= 4 is 11.6 Å². The molecule has 1 atom stereocenters. The molecule has 2 heterocycles. The number of hydrogen-bond acceptors (Lipinski definition) is 3. The third-order valence-corrected chi connectivity index (χ3v) is 5.12. The Morgan fingerprint density at radius 2 is 2.16 bits per heavy atom. The zero-order valence-corrected chi connectivity index (χ0v) is 15.2. The van der Waals surface area contributed by atoms with Gasteiger partial charge in [0.1, 0.15) is 5.82 Å². The first-order valence-electron chi connectivity index (χ1n) is 9.27. The van der Waals surface area contributed by atoms with E-state index in [2.05, 4.69) is 32.8 Å². The van der Waals surface area contributed by atoms with Gasteiger partial charge in [-0.15, -0.1) is 0 Å². The minimum atomic E-state index is 0.0788. The number of nitrogens with one attached hydrogen (secondary N) is 1. The van der Waals surface area contributed by atoms with Crippen LogP contribution in [0.4, 0.5) is 5.69 Å². The standard InChI is InChI=1S/C20H28N4O/c1-3-18-9-6-7-12-24(18)15-20(25)22-19-10-5-4-8-17(19)14-23-13-11-21-16(23)2/h4-5,8,10-11,13,18H,3,6-7,9,12,14-15H2,1-2H3,(H,22,25). The number of aryl methyl sites for hydroxylation is 1. The Kier molecular flexibility index (Phi) is 5.87. The van der Waals surface area contributed by atoms with Gasteiger partial charge in [-0.1, -0.05) is 31.5 Å². The molecule has 1 saturated heterocycles. The largest absolute Gasteiger partial charge is 0.331 e. The normalized spacial score (nSPS) is 18.2. The Hall–Kier alpha value is -2.14. The number of carbonyl (C=O) groups excluding carboxylic acids is 1. The van der Waals surface area contributed by atoms with Crippen LogP contribution in [0.3, 0.4) is 0 Å². The number of nitrogens with zero attached hydrogens (tertiary/aromatic N) is 3. The molecule has 5 heteroatoms. The fraction of sp³-hybridized carbons (Fsp3) is 0.500. The fourth-order valence-corrected chi connectivity index (χ4v) is 3.64. The lowest BCUT2D eigenvalue weighted by Gasteiger charge is -2.34. The molecule has 1 fully saturated rings. The molecule has 0 bridgehead atoms. The molecular formula is C20H28N4O. The number of anilines is 1. The number of carbonyl (C=O) groups is 1. The van der Waals surface area contributed by atoms with Gasteiger partial charge in [0.25, 0.3) is 0 Å². The maximum absolute atomic E-state index is 12.6. The molecule has 1 aliphatic heterocycles. The first-order valence-corrected chi connectivity index (χ1v) is 9.27. The smallest absolute Gasteiger partial charge is 0.238 e. The third kappa shape index (κ3) is 4.48. The van der Waals surface area contributed by atoms with E-state index in [0.717, 1.165) is 30.0 Å². The monoisotopic (exact) mass is 340 g/mol. The zero-order chi connectivity index (χ0) is 17.6. The number of para-hydroxylation sites is 1. The summed E-state index contributed by atoms with van der Waals surface area (Å²) in [7, 11) is 0. The van der Waals surface area contributed by atoms with Crippen molar-refractivity contribution in [3.63, 3.8) is 0 Å². The molecule has 2 aromatic rings. The topological polar surface area (TPSA) is 50.2 Å². The molecular weight excluding hydrogens is 312 g/mol. The minimum absolute atomic E-state index is 0.0788. The molecule has 0 aliphatic carbocycles. The molecule has 1 N–H and O–H groups in total. The van der Waals surface area contributed by atoms with Crippen molar-refractivity contribution in [3.05, 3.63) is 48.0 Å². The summed E-state index contributed by atoms with van der Waals surface area (Å²) in [6.07, 6.45) is 8.57. The highest BCUT2D eigenvalue weighted by atomic mass is 16.2. The van der Waals surface area contributed by atoms with Crippen LogP contribution in [0.1, 0.15) is 44.0 Å². The summed E-state index contributed by atoms with van der Waals surface area (Å²) >= 11 is 0. The van der Waals surface area contributed by atoms with Crippen molar-refractivity contribution in [3.8, 4) is 0 Å². The van der Waals surface area contributed by atoms with Crippen LogP contribution in [-0.2, 0) is 11.3 Å². The minimum Gasteiger partial charge on any atom is -0.331 e. The number of aromatic nitrogens is 2. The van der Waals surface area contributed by atoms with Gasteiger partial charge in [-0.05, 0) is 44.4 Å². The van der Waals surface area contributed by atoms with Gasteiger partial charge < -0.3 is 9.88 Å². The zero-order valence-electron chi connectivity index (χ0n) is 15.2. The Balaban J connectivity index is 1.66. The quantitative estimate of drug-likeness (QED) is 0.876. The average molecular weight is 340 g/mol. The average Bonchev–Trinajstić information content (AvgIpc) is 3.02. The van der Waals surface area contributed by atoms with Crippen LogP contribution < -0.4 is 5.32 Å². The summed E-state index contributed by atoms with van der Waals surface area (Å²) in [6.45, 7) is 6.43. The van der Waals surface area contributed by atoms with Gasteiger partial charge in [-0.25, -0.2) is 4.98 Å². The molecule has 0 spiro atoms. The van der Waals surface area contributed by atoms with Crippen LogP contribution in [-0.4, -0.2) is 39.5 Å². The summed E-state index contributed by atoms with van der Waals surface area (Å²) in [4.78, 5) is 19.2. The van der Waals surface area contributed by atoms with Gasteiger partial charge >= 0.3 is 0 Å². The SMILES string of the molecule is CCC1CCCCN1CC(=O)Nc1ccccc1Cn1ccnc1C. The van der Waals surface area contributed by atoms with E-state index in [9.17, 15) is 4.79 Å². The van der Waals surface area contributed by atoms with Crippen molar-refractivity contribution in [1.82, 2.24) is 14.5 Å². The molecule has 1 aromatic carbocycles. The van der Waals surface area contributed by atoms with Gasteiger partial charge in [0.05, 0.1) is 13.1 Å². The van der Waals surface area contributed by atoms with E-state index in [1.54, 1.807) is 6.20 Å². The van der Waals surface area contributed by atoms with Gasteiger partial charge in [0, 0.05) is 24.1 Å². The van der Waals surface area contributed by atoms with Crippen molar-refractivity contribution < 1.29 is 4.79 Å². The lowest BCUT2D eigenvalue weighted by atomic mass is 10.00. The Labute approximate surface area is 150 Å². The second-order valence-corrected chi connectivity index (χ2v) is 6.84. The van der Waals surface area contributed by atoms with Crippen molar-refractivity contribution in [1.29, 1.82) is 0 Å². The van der Waals surface area contributed by atoms with Crippen LogP contribution in [0.5, 0.6) is 0 Å². The van der Waals surface area contributed by atoms with Crippen LogP contribution >= 0.6 is 0 Å². The molecule has 1 aromatic heterocycles.